The minimum Gasteiger partial charge on any atom is -0.319 e. The van der Waals surface area contributed by atoms with Gasteiger partial charge in [0.1, 0.15) is 5.82 Å². The number of rotatable bonds is 5. The van der Waals surface area contributed by atoms with Gasteiger partial charge in [0.15, 0.2) is 0 Å². The molecular weight excluding hydrogens is 385 g/mol. The van der Waals surface area contributed by atoms with Gasteiger partial charge in [-0.2, -0.15) is 0 Å². The Hall–Kier alpha value is -0.710. The molecule has 0 aliphatic heterocycles. The average Bonchev–Trinajstić information content (AvgIpc) is 2.42. The van der Waals surface area contributed by atoms with E-state index in [1.54, 1.807) is 0 Å². The standard InChI is InChI=1S/C16H16Br2FN/c1-20-10-13(11-2-5-14(17)6-3-11)8-12-4-7-15(18)9-16(12)19/h2-7,9,13,20H,8,10H2,1H3. The minimum atomic E-state index is -0.155. The van der Waals surface area contributed by atoms with Gasteiger partial charge in [-0.1, -0.05) is 50.1 Å². The topological polar surface area (TPSA) is 12.0 Å². The second kappa shape index (κ2) is 7.34. The van der Waals surface area contributed by atoms with Crippen molar-refractivity contribution in [2.75, 3.05) is 13.6 Å². The van der Waals surface area contributed by atoms with E-state index in [2.05, 4.69) is 49.3 Å². The molecule has 0 saturated carbocycles. The van der Waals surface area contributed by atoms with E-state index in [9.17, 15) is 4.39 Å². The maximum Gasteiger partial charge on any atom is 0.127 e. The number of halogens is 3. The molecular formula is C16H16Br2FN. The molecule has 2 aromatic rings. The maximum absolute atomic E-state index is 14.0. The van der Waals surface area contributed by atoms with Crippen LogP contribution in [0.15, 0.2) is 51.4 Å². The van der Waals surface area contributed by atoms with Crippen LogP contribution < -0.4 is 5.32 Å². The summed E-state index contributed by atoms with van der Waals surface area (Å²) >= 11 is 6.73. The molecule has 2 aromatic carbocycles. The molecule has 1 N–H and O–H groups in total. The van der Waals surface area contributed by atoms with Crippen molar-refractivity contribution in [2.45, 2.75) is 12.3 Å². The highest BCUT2D eigenvalue weighted by atomic mass is 79.9. The zero-order valence-electron chi connectivity index (χ0n) is 11.2. The van der Waals surface area contributed by atoms with Crippen molar-refractivity contribution in [3.63, 3.8) is 0 Å². The highest BCUT2D eigenvalue weighted by Crippen LogP contribution is 2.25. The van der Waals surface area contributed by atoms with E-state index >= 15 is 0 Å². The molecule has 1 atom stereocenters. The predicted molar refractivity (Wildman–Crippen MR) is 88.6 cm³/mol. The van der Waals surface area contributed by atoms with Gasteiger partial charge in [0.2, 0.25) is 0 Å². The quantitative estimate of drug-likeness (QED) is 0.752. The molecule has 20 heavy (non-hydrogen) atoms. The molecule has 106 valence electrons. The Kier molecular flexibility index (Phi) is 5.75. The van der Waals surface area contributed by atoms with Crippen LogP contribution in [0.25, 0.3) is 0 Å². The molecule has 0 heterocycles. The van der Waals surface area contributed by atoms with Gasteiger partial charge in [-0.15, -0.1) is 0 Å². The third-order valence-corrected chi connectivity index (χ3v) is 4.30. The van der Waals surface area contributed by atoms with Gasteiger partial charge in [-0.3, -0.25) is 0 Å². The first kappa shape index (κ1) is 15.7. The highest BCUT2D eigenvalue weighted by Gasteiger charge is 2.14. The van der Waals surface area contributed by atoms with Gasteiger partial charge >= 0.3 is 0 Å². The summed E-state index contributed by atoms with van der Waals surface area (Å²) in [4.78, 5) is 0. The van der Waals surface area contributed by atoms with Crippen LogP contribution in [-0.2, 0) is 6.42 Å². The van der Waals surface area contributed by atoms with Crippen molar-refractivity contribution < 1.29 is 4.39 Å². The summed E-state index contributed by atoms with van der Waals surface area (Å²) in [6.07, 6.45) is 0.682. The molecule has 0 aliphatic carbocycles. The highest BCUT2D eigenvalue weighted by molar-refractivity contribution is 9.10. The second-order valence-electron chi connectivity index (χ2n) is 4.75. The van der Waals surface area contributed by atoms with E-state index in [4.69, 9.17) is 0 Å². The number of hydrogen-bond acceptors (Lipinski definition) is 1. The van der Waals surface area contributed by atoms with Gasteiger partial charge in [0.25, 0.3) is 0 Å². The lowest BCUT2D eigenvalue weighted by Gasteiger charge is -2.18. The Morgan fingerprint density at radius 2 is 1.70 bits per heavy atom. The van der Waals surface area contributed by atoms with Crippen molar-refractivity contribution in [1.82, 2.24) is 5.32 Å². The normalized spacial score (nSPS) is 12.4. The predicted octanol–water partition coefficient (Wildman–Crippen LogP) is 4.90. The van der Waals surface area contributed by atoms with Gasteiger partial charge in [0.05, 0.1) is 0 Å². The Balaban J connectivity index is 2.22. The Bertz CT molecular complexity index is 569. The van der Waals surface area contributed by atoms with E-state index in [0.29, 0.717) is 6.42 Å². The average molecular weight is 401 g/mol. The number of likely N-dealkylation sites (N-methyl/N-ethyl adjacent to an activating group) is 1. The molecule has 0 radical (unpaired) electrons. The van der Waals surface area contributed by atoms with Crippen LogP contribution in [0.1, 0.15) is 17.0 Å². The van der Waals surface area contributed by atoms with Crippen molar-refractivity contribution in [3.8, 4) is 0 Å². The molecule has 0 bridgehead atoms. The summed E-state index contributed by atoms with van der Waals surface area (Å²) < 4.78 is 15.8. The Morgan fingerprint density at radius 3 is 2.30 bits per heavy atom. The largest absolute Gasteiger partial charge is 0.319 e. The zero-order valence-corrected chi connectivity index (χ0v) is 14.3. The first-order chi connectivity index (χ1) is 9.60. The van der Waals surface area contributed by atoms with Crippen molar-refractivity contribution in [3.05, 3.63) is 68.4 Å². The van der Waals surface area contributed by atoms with Gasteiger partial charge < -0.3 is 5.32 Å². The smallest absolute Gasteiger partial charge is 0.127 e. The van der Waals surface area contributed by atoms with Crippen molar-refractivity contribution in [1.29, 1.82) is 0 Å². The lowest BCUT2D eigenvalue weighted by Crippen LogP contribution is -2.19. The fourth-order valence-electron chi connectivity index (χ4n) is 2.24. The van der Waals surface area contributed by atoms with E-state index in [-0.39, 0.29) is 11.7 Å². The third-order valence-electron chi connectivity index (χ3n) is 3.27. The van der Waals surface area contributed by atoms with Crippen LogP contribution in [0.5, 0.6) is 0 Å². The minimum absolute atomic E-state index is 0.155. The zero-order chi connectivity index (χ0) is 14.5. The lowest BCUT2D eigenvalue weighted by atomic mass is 9.92. The fraction of sp³-hybridized carbons (Fsp3) is 0.250. The lowest BCUT2D eigenvalue weighted by molar-refractivity contribution is 0.574. The number of nitrogens with one attached hydrogen (secondary N) is 1. The van der Waals surface area contributed by atoms with Crippen LogP contribution in [0, 0.1) is 5.82 Å². The van der Waals surface area contributed by atoms with E-state index in [1.165, 1.54) is 11.6 Å². The SMILES string of the molecule is CNCC(Cc1ccc(Br)cc1F)c1ccc(Br)cc1. The van der Waals surface area contributed by atoms with Crippen LogP contribution in [0.3, 0.4) is 0 Å². The maximum atomic E-state index is 14.0. The van der Waals surface area contributed by atoms with Gasteiger partial charge in [0, 0.05) is 21.4 Å². The molecule has 0 aromatic heterocycles. The molecule has 4 heteroatoms. The Morgan fingerprint density at radius 1 is 1.05 bits per heavy atom. The van der Waals surface area contributed by atoms with E-state index in [1.807, 2.05) is 31.3 Å². The second-order valence-corrected chi connectivity index (χ2v) is 6.58. The fourth-order valence-corrected chi connectivity index (χ4v) is 2.84. The number of hydrogen-bond donors (Lipinski definition) is 1. The molecule has 0 spiro atoms. The van der Waals surface area contributed by atoms with E-state index < -0.39 is 0 Å². The summed E-state index contributed by atoms with van der Waals surface area (Å²) in [5, 5.41) is 3.19. The molecule has 0 saturated heterocycles. The molecule has 0 aliphatic rings. The van der Waals surface area contributed by atoms with Crippen LogP contribution in [0.4, 0.5) is 4.39 Å². The molecule has 2 rings (SSSR count). The van der Waals surface area contributed by atoms with E-state index in [0.717, 1.165) is 21.1 Å². The van der Waals surface area contributed by atoms with Crippen molar-refractivity contribution in [2.24, 2.45) is 0 Å². The van der Waals surface area contributed by atoms with Gasteiger partial charge in [-0.25, -0.2) is 4.39 Å². The molecule has 0 fully saturated rings. The molecule has 1 nitrogen and oxygen atoms in total. The summed E-state index contributed by atoms with van der Waals surface area (Å²) in [7, 11) is 1.92. The summed E-state index contributed by atoms with van der Waals surface area (Å²) in [6, 6.07) is 13.5. The summed E-state index contributed by atoms with van der Waals surface area (Å²) in [6.45, 7) is 0.817. The first-order valence-corrected chi connectivity index (χ1v) is 8.02. The summed E-state index contributed by atoms with van der Waals surface area (Å²) in [5.74, 6) is 0.0985. The molecule has 0 amide bonds. The summed E-state index contributed by atoms with van der Waals surface area (Å²) in [5.41, 5.74) is 1.96. The Labute approximate surface area is 135 Å². The molecule has 1 unspecified atom stereocenters. The van der Waals surface area contributed by atoms with Crippen LogP contribution in [0.2, 0.25) is 0 Å². The number of benzene rings is 2. The van der Waals surface area contributed by atoms with Crippen molar-refractivity contribution >= 4 is 31.9 Å². The third kappa shape index (κ3) is 4.14. The van der Waals surface area contributed by atoms with Crippen LogP contribution in [-0.4, -0.2) is 13.6 Å². The van der Waals surface area contributed by atoms with Gasteiger partial charge in [-0.05, 0) is 48.9 Å². The monoisotopic (exact) mass is 399 g/mol. The van der Waals surface area contributed by atoms with Crippen LogP contribution >= 0.6 is 31.9 Å². The first-order valence-electron chi connectivity index (χ1n) is 6.44.